The summed E-state index contributed by atoms with van der Waals surface area (Å²) >= 11 is 0. The van der Waals surface area contributed by atoms with Gasteiger partial charge in [0.15, 0.2) is 5.65 Å². The zero-order valence-electron chi connectivity index (χ0n) is 15.4. The third-order valence-electron chi connectivity index (χ3n) is 5.05. The SMILES string of the molecule is COc1nc2ncnc(NCc3cccc(C(F)F)c3F)c2cc1C1(C#N)CC1. The number of nitrogens with zero attached hydrogens (tertiary/aromatic N) is 4. The summed E-state index contributed by atoms with van der Waals surface area (Å²) in [5.41, 5.74) is -0.197. The van der Waals surface area contributed by atoms with Crippen LogP contribution in [0.25, 0.3) is 11.0 Å². The van der Waals surface area contributed by atoms with E-state index >= 15 is 0 Å². The fourth-order valence-electron chi connectivity index (χ4n) is 3.26. The molecule has 1 N–H and O–H groups in total. The molecule has 0 radical (unpaired) electrons. The minimum absolute atomic E-state index is 0.0523. The first-order valence-electron chi connectivity index (χ1n) is 8.90. The number of hydrogen-bond donors (Lipinski definition) is 1. The summed E-state index contributed by atoms with van der Waals surface area (Å²) in [5.74, 6) is -0.255. The molecule has 4 rings (SSSR count). The summed E-state index contributed by atoms with van der Waals surface area (Å²) in [5, 5.41) is 13.0. The van der Waals surface area contributed by atoms with Gasteiger partial charge in [0.25, 0.3) is 6.43 Å². The van der Waals surface area contributed by atoms with Gasteiger partial charge in [0, 0.05) is 17.7 Å². The van der Waals surface area contributed by atoms with E-state index in [4.69, 9.17) is 4.74 Å². The Labute approximate surface area is 164 Å². The van der Waals surface area contributed by atoms with Crippen LogP contribution in [0.1, 0.15) is 36.0 Å². The average molecular weight is 399 g/mol. The van der Waals surface area contributed by atoms with Gasteiger partial charge in [-0.25, -0.2) is 23.1 Å². The normalized spacial score (nSPS) is 14.6. The van der Waals surface area contributed by atoms with Gasteiger partial charge >= 0.3 is 0 Å². The van der Waals surface area contributed by atoms with Crippen molar-refractivity contribution in [1.82, 2.24) is 15.0 Å². The maximum absolute atomic E-state index is 14.3. The topological polar surface area (TPSA) is 83.7 Å². The standard InChI is InChI=1S/C20H16F3N5O/c1-29-19-14(20(9-24)5-6-20)7-13-17(26-10-27-18(13)28-19)25-8-11-3-2-4-12(15(11)21)16(22)23/h2-4,7,10,16H,5-6,8H2,1H3,(H,25,26,27,28). The molecule has 29 heavy (non-hydrogen) atoms. The van der Waals surface area contributed by atoms with Crippen molar-refractivity contribution in [1.29, 1.82) is 5.26 Å². The van der Waals surface area contributed by atoms with Gasteiger partial charge in [0.1, 0.15) is 18.0 Å². The highest BCUT2D eigenvalue weighted by Gasteiger charge is 2.47. The van der Waals surface area contributed by atoms with Crippen molar-refractivity contribution >= 4 is 16.9 Å². The van der Waals surface area contributed by atoms with E-state index in [-0.39, 0.29) is 12.1 Å². The van der Waals surface area contributed by atoms with Crippen molar-refractivity contribution in [2.24, 2.45) is 0 Å². The van der Waals surface area contributed by atoms with E-state index in [1.54, 1.807) is 6.07 Å². The quantitative estimate of drug-likeness (QED) is 0.666. The van der Waals surface area contributed by atoms with Crippen LogP contribution < -0.4 is 10.1 Å². The summed E-state index contributed by atoms with van der Waals surface area (Å²) in [7, 11) is 1.48. The van der Waals surface area contributed by atoms with Crippen molar-refractivity contribution in [3.63, 3.8) is 0 Å². The molecule has 0 aliphatic heterocycles. The van der Waals surface area contributed by atoms with Gasteiger partial charge in [-0.15, -0.1) is 0 Å². The molecule has 0 unspecified atom stereocenters. The molecule has 1 aliphatic carbocycles. The summed E-state index contributed by atoms with van der Waals surface area (Å²) in [6.45, 7) is -0.0523. The van der Waals surface area contributed by atoms with E-state index in [1.807, 2.05) is 0 Å². The molecule has 0 bridgehead atoms. The predicted molar refractivity (Wildman–Crippen MR) is 99.1 cm³/mol. The number of rotatable bonds is 6. The van der Waals surface area contributed by atoms with Crippen LogP contribution in [-0.2, 0) is 12.0 Å². The molecule has 1 aromatic carbocycles. The summed E-state index contributed by atoms with van der Waals surface area (Å²) in [6.07, 6.45) is -0.195. The fraction of sp³-hybridized carbons (Fsp3) is 0.300. The Morgan fingerprint density at radius 3 is 2.76 bits per heavy atom. The molecule has 9 heteroatoms. The van der Waals surface area contributed by atoms with Gasteiger partial charge < -0.3 is 10.1 Å². The Morgan fingerprint density at radius 2 is 2.10 bits per heavy atom. The van der Waals surface area contributed by atoms with E-state index in [1.165, 1.54) is 25.6 Å². The van der Waals surface area contributed by atoms with Crippen molar-refractivity contribution in [2.45, 2.75) is 31.2 Å². The van der Waals surface area contributed by atoms with E-state index in [2.05, 4.69) is 26.3 Å². The predicted octanol–water partition coefficient (Wildman–Crippen LogP) is 4.28. The third-order valence-corrected chi connectivity index (χ3v) is 5.05. The van der Waals surface area contributed by atoms with E-state index in [0.29, 0.717) is 41.1 Å². The molecule has 1 saturated carbocycles. The molecular formula is C20H16F3N5O. The number of alkyl halides is 2. The lowest BCUT2D eigenvalue weighted by Gasteiger charge is -2.14. The number of ether oxygens (including phenoxy) is 1. The number of pyridine rings is 1. The first kappa shape index (κ1) is 18.9. The van der Waals surface area contributed by atoms with Crippen LogP contribution in [0.5, 0.6) is 5.88 Å². The van der Waals surface area contributed by atoms with Gasteiger partial charge in [-0.3, -0.25) is 0 Å². The molecule has 3 aromatic rings. The van der Waals surface area contributed by atoms with Crippen molar-refractivity contribution in [3.05, 3.63) is 53.1 Å². The van der Waals surface area contributed by atoms with E-state index in [9.17, 15) is 18.4 Å². The number of hydrogen-bond acceptors (Lipinski definition) is 6. The second kappa shape index (κ2) is 7.20. The Kier molecular flexibility index (Phi) is 4.70. The molecule has 0 saturated heterocycles. The monoisotopic (exact) mass is 399 g/mol. The number of benzene rings is 1. The second-order valence-electron chi connectivity index (χ2n) is 6.81. The Bertz CT molecular complexity index is 1130. The molecule has 1 fully saturated rings. The summed E-state index contributed by atoms with van der Waals surface area (Å²) in [6, 6.07) is 7.93. The van der Waals surface area contributed by atoms with Gasteiger partial charge in [-0.05, 0) is 18.9 Å². The minimum atomic E-state index is -2.89. The Morgan fingerprint density at radius 1 is 1.31 bits per heavy atom. The lowest BCUT2D eigenvalue weighted by molar-refractivity contribution is 0.146. The number of fused-ring (bicyclic) bond motifs is 1. The highest BCUT2D eigenvalue weighted by Crippen LogP contribution is 2.51. The van der Waals surface area contributed by atoms with Crippen LogP contribution in [0.15, 0.2) is 30.6 Å². The Balaban J connectivity index is 1.71. The lowest BCUT2D eigenvalue weighted by atomic mass is 9.98. The van der Waals surface area contributed by atoms with Gasteiger partial charge in [0.2, 0.25) is 5.88 Å². The number of methoxy groups -OCH3 is 1. The summed E-state index contributed by atoms with van der Waals surface area (Å²) in [4.78, 5) is 12.7. The number of nitrogens with one attached hydrogen (secondary N) is 1. The first-order valence-corrected chi connectivity index (χ1v) is 8.90. The van der Waals surface area contributed by atoms with E-state index < -0.39 is 23.2 Å². The minimum Gasteiger partial charge on any atom is -0.481 e. The van der Waals surface area contributed by atoms with Crippen LogP contribution in [0.2, 0.25) is 0 Å². The Hall–Kier alpha value is -3.41. The van der Waals surface area contributed by atoms with Crippen molar-refractivity contribution < 1.29 is 17.9 Å². The van der Waals surface area contributed by atoms with Crippen LogP contribution in [0, 0.1) is 17.1 Å². The van der Waals surface area contributed by atoms with Gasteiger partial charge in [0.05, 0.1) is 29.5 Å². The molecule has 0 amide bonds. The number of nitriles is 1. The molecule has 0 spiro atoms. The molecule has 0 atom stereocenters. The highest BCUT2D eigenvalue weighted by atomic mass is 19.3. The van der Waals surface area contributed by atoms with Crippen LogP contribution in [-0.4, -0.2) is 22.1 Å². The molecular weight excluding hydrogens is 383 g/mol. The summed E-state index contributed by atoms with van der Waals surface area (Å²) < 4.78 is 45.5. The number of aromatic nitrogens is 3. The first-order chi connectivity index (χ1) is 14.0. The zero-order chi connectivity index (χ0) is 20.6. The maximum Gasteiger partial charge on any atom is 0.266 e. The molecule has 148 valence electrons. The largest absolute Gasteiger partial charge is 0.481 e. The third kappa shape index (κ3) is 3.31. The van der Waals surface area contributed by atoms with Crippen LogP contribution in [0.3, 0.4) is 0 Å². The van der Waals surface area contributed by atoms with Crippen molar-refractivity contribution in [3.8, 4) is 11.9 Å². The second-order valence-corrected chi connectivity index (χ2v) is 6.81. The maximum atomic E-state index is 14.3. The van der Waals surface area contributed by atoms with Gasteiger partial charge in [-0.2, -0.15) is 10.2 Å². The van der Waals surface area contributed by atoms with Gasteiger partial charge in [-0.1, -0.05) is 18.2 Å². The van der Waals surface area contributed by atoms with Crippen LogP contribution >= 0.6 is 0 Å². The molecule has 1 aliphatic rings. The fourth-order valence-corrected chi connectivity index (χ4v) is 3.26. The zero-order valence-corrected chi connectivity index (χ0v) is 15.4. The highest BCUT2D eigenvalue weighted by molar-refractivity contribution is 5.88. The smallest absolute Gasteiger partial charge is 0.266 e. The average Bonchev–Trinajstić information content (AvgIpc) is 3.53. The lowest BCUT2D eigenvalue weighted by Crippen LogP contribution is -2.10. The molecule has 2 heterocycles. The molecule has 2 aromatic heterocycles. The van der Waals surface area contributed by atoms with Crippen LogP contribution in [0.4, 0.5) is 19.0 Å². The number of halogens is 3. The van der Waals surface area contributed by atoms with E-state index in [0.717, 1.165) is 6.07 Å². The van der Waals surface area contributed by atoms with Crippen molar-refractivity contribution in [2.75, 3.05) is 12.4 Å². The number of anilines is 1. The molecule has 6 nitrogen and oxygen atoms in total.